The lowest BCUT2D eigenvalue weighted by Gasteiger charge is -2.27. The molecule has 3 aromatic carbocycles. The topological polar surface area (TPSA) is 29.9 Å². The summed E-state index contributed by atoms with van der Waals surface area (Å²) < 4.78 is 2.02. The van der Waals surface area contributed by atoms with E-state index in [0.29, 0.717) is 11.8 Å². The molecule has 0 saturated carbocycles. The van der Waals surface area contributed by atoms with Crippen molar-refractivity contribution >= 4 is 7.41 Å². The van der Waals surface area contributed by atoms with Gasteiger partial charge >= 0.3 is 0 Å². The van der Waals surface area contributed by atoms with E-state index in [9.17, 15) is 0 Å². The van der Waals surface area contributed by atoms with E-state index in [1.54, 1.807) is 0 Å². The molecule has 0 spiro atoms. The number of rotatable bonds is 6. The van der Waals surface area contributed by atoms with Gasteiger partial charge in [-0.15, -0.1) is 0 Å². The number of nitrogens with zero attached hydrogens (tertiary/aromatic N) is 2. The second-order valence-electron chi connectivity index (χ2n) is 9.90. The van der Waals surface area contributed by atoms with Gasteiger partial charge in [-0.1, -0.05) is 94.4 Å². The van der Waals surface area contributed by atoms with Crippen LogP contribution in [0, 0.1) is 0 Å². The molecule has 0 fully saturated rings. The summed E-state index contributed by atoms with van der Waals surface area (Å²) in [5.74, 6) is 0.903. The van der Waals surface area contributed by atoms with Crippen LogP contribution in [0.2, 0.25) is 0 Å². The Kier molecular flexibility index (Phi) is 5.91. The van der Waals surface area contributed by atoms with Gasteiger partial charge in [0.1, 0.15) is 0 Å². The molecule has 2 heterocycles. The fourth-order valence-corrected chi connectivity index (χ4v) is 5.18. The highest BCUT2D eigenvalue weighted by atomic mass is 15.3. The Morgan fingerprint density at radius 3 is 2.15 bits per heavy atom. The lowest BCUT2D eigenvalue weighted by molar-refractivity contribution is 0.838. The van der Waals surface area contributed by atoms with Gasteiger partial charge in [-0.05, 0) is 58.0 Å². The zero-order chi connectivity index (χ0) is 23.7. The molecule has 3 nitrogen and oxygen atoms in total. The maximum Gasteiger partial charge on any atom is 0.252 e. The van der Waals surface area contributed by atoms with Crippen molar-refractivity contribution < 1.29 is 0 Å². The van der Waals surface area contributed by atoms with Gasteiger partial charge in [-0.25, -0.2) is 4.68 Å². The van der Waals surface area contributed by atoms with Crippen LogP contribution in [-0.4, -0.2) is 17.2 Å². The largest absolute Gasteiger partial charge is 0.436 e. The van der Waals surface area contributed by atoms with E-state index in [1.165, 1.54) is 33.4 Å². The van der Waals surface area contributed by atoms with Crippen LogP contribution in [0.1, 0.15) is 61.8 Å². The lowest BCUT2D eigenvalue weighted by atomic mass is 9.55. The maximum absolute atomic E-state index is 4.81. The van der Waals surface area contributed by atoms with Crippen LogP contribution in [0.4, 0.5) is 0 Å². The number of benzene rings is 3. The van der Waals surface area contributed by atoms with E-state index in [0.717, 1.165) is 13.1 Å². The summed E-state index contributed by atoms with van der Waals surface area (Å²) in [4.78, 5) is 0. The van der Waals surface area contributed by atoms with Gasteiger partial charge in [-0.2, -0.15) is 5.10 Å². The zero-order valence-electron chi connectivity index (χ0n) is 20.5. The Labute approximate surface area is 203 Å². The molecule has 0 saturated heterocycles. The minimum Gasteiger partial charge on any atom is -0.436 e. The molecule has 1 atom stereocenters. The SMILES string of the molecule is CC(C)c1cccc(C(C)C)c1-c1cnn(-c2cccc(C3(c4ccccc4)BNC=C3)c2)c1. The summed E-state index contributed by atoms with van der Waals surface area (Å²) in [5.41, 5.74) is 8.90. The Bertz CT molecular complexity index is 1290. The van der Waals surface area contributed by atoms with Crippen molar-refractivity contribution in [2.24, 2.45) is 0 Å². The van der Waals surface area contributed by atoms with Crippen LogP contribution < -0.4 is 5.23 Å². The average molecular weight is 445 g/mol. The molecule has 5 rings (SSSR count). The number of hydrogen-bond acceptors (Lipinski definition) is 2. The molecule has 1 aliphatic rings. The molecule has 0 radical (unpaired) electrons. The van der Waals surface area contributed by atoms with Gasteiger partial charge in [0.05, 0.1) is 11.9 Å². The molecule has 4 aromatic rings. The Hall–Kier alpha value is -3.53. The van der Waals surface area contributed by atoms with E-state index >= 15 is 0 Å². The van der Waals surface area contributed by atoms with Crippen molar-refractivity contribution in [3.05, 3.63) is 120 Å². The monoisotopic (exact) mass is 445 g/mol. The van der Waals surface area contributed by atoms with Gasteiger partial charge in [0.15, 0.2) is 0 Å². The highest BCUT2D eigenvalue weighted by molar-refractivity contribution is 6.41. The van der Waals surface area contributed by atoms with Gasteiger partial charge in [0.25, 0.3) is 7.41 Å². The molecule has 1 aliphatic heterocycles. The molecule has 1 unspecified atom stereocenters. The smallest absolute Gasteiger partial charge is 0.252 e. The quantitative estimate of drug-likeness (QED) is 0.344. The lowest BCUT2D eigenvalue weighted by Crippen LogP contribution is -2.34. The van der Waals surface area contributed by atoms with Crippen molar-refractivity contribution in [2.45, 2.75) is 44.8 Å². The van der Waals surface area contributed by atoms with Gasteiger partial charge in [-0.3, -0.25) is 0 Å². The molecular formula is C30H32BN3. The summed E-state index contributed by atoms with van der Waals surface area (Å²) >= 11 is 0. The normalized spacial score (nSPS) is 17.2. The minimum absolute atomic E-state index is 0.178. The van der Waals surface area contributed by atoms with E-state index in [1.807, 2.05) is 10.9 Å². The molecule has 170 valence electrons. The molecule has 1 aromatic heterocycles. The van der Waals surface area contributed by atoms with Crippen LogP contribution in [0.3, 0.4) is 0 Å². The first-order valence-electron chi connectivity index (χ1n) is 12.2. The first-order valence-corrected chi connectivity index (χ1v) is 12.2. The zero-order valence-corrected chi connectivity index (χ0v) is 20.5. The molecule has 0 bridgehead atoms. The van der Waals surface area contributed by atoms with Gasteiger partial charge in [0, 0.05) is 17.1 Å². The number of nitrogens with one attached hydrogen (secondary N) is 1. The summed E-state index contributed by atoms with van der Waals surface area (Å²) in [6.07, 6.45) is 8.56. The third-order valence-electron chi connectivity index (χ3n) is 7.03. The molecule has 0 aliphatic carbocycles. The van der Waals surface area contributed by atoms with Gasteiger partial charge in [0.2, 0.25) is 0 Å². The average Bonchev–Trinajstić information content (AvgIpc) is 3.55. The maximum atomic E-state index is 4.81. The minimum atomic E-state index is -0.178. The van der Waals surface area contributed by atoms with Crippen molar-refractivity contribution in [1.29, 1.82) is 0 Å². The third kappa shape index (κ3) is 3.88. The van der Waals surface area contributed by atoms with Crippen molar-refractivity contribution in [2.75, 3.05) is 0 Å². The first-order chi connectivity index (χ1) is 16.5. The van der Waals surface area contributed by atoms with E-state index in [-0.39, 0.29) is 5.31 Å². The van der Waals surface area contributed by atoms with Crippen LogP contribution in [0.15, 0.2) is 97.5 Å². The Morgan fingerprint density at radius 2 is 1.50 bits per heavy atom. The van der Waals surface area contributed by atoms with E-state index in [2.05, 4.69) is 124 Å². The standard InChI is InChI=1S/C30H32BN3/c1-21(2)27-14-9-15-28(22(3)4)29(27)23-19-33-34(20-23)26-13-8-12-25(18-26)30(16-17-32-31-30)24-10-6-5-7-11-24/h5-22,31-32H,1-4H3. The molecule has 1 N–H and O–H groups in total. The van der Waals surface area contributed by atoms with Gasteiger partial charge < -0.3 is 5.23 Å². The number of hydrogen-bond donors (Lipinski definition) is 1. The van der Waals surface area contributed by atoms with Crippen molar-refractivity contribution in [1.82, 2.24) is 15.0 Å². The fraction of sp³-hybridized carbons (Fsp3) is 0.233. The predicted octanol–water partition coefficient (Wildman–Crippen LogP) is 6.50. The highest BCUT2D eigenvalue weighted by Crippen LogP contribution is 2.37. The van der Waals surface area contributed by atoms with Crippen LogP contribution in [0.25, 0.3) is 16.8 Å². The van der Waals surface area contributed by atoms with E-state index < -0.39 is 0 Å². The second-order valence-corrected chi connectivity index (χ2v) is 9.90. The third-order valence-corrected chi connectivity index (χ3v) is 7.03. The van der Waals surface area contributed by atoms with Crippen LogP contribution >= 0.6 is 0 Å². The Balaban J connectivity index is 1.58. The first kappa shape index (κ1) is 22.3. The number of aromatic nitrogens is 2. The van der Waals surface area contributed by atoms with E-state index in [4.69, 9.17) is 5.10 Å². The molecular weight excluding hydrogens is 413 g/mol. The van der Waals surface area contributed by atoms with Crippen molar-refractivity contribution in [3.63, 3.8) is 0 Å². The Morgan fingerprint density at radius 1 is 0.824 bits per heavy atom. The fourth-order valence-electron chi connectivity index (χ4n) is 5.18. The summed E-state index contributed by atoms with van der Waals surface area (Å²) in [6, 6.07) is 26.2. The summed E-state index contributed by atoms with van der Waals surface area (Å²) in [5, 5.41) is 8.06. The number of allylic oxidation sites excluding steroid dienone is 1. The second kappa shape index (κ2) is 9.02. The molecule has 34 heavy (non-hydrogen) atoms. The summed E-state index contributed by atoms with van der Waals surface area (Å²) in [6.45, 7) is 9.07. The van der Waals surface area contributed by atoms with Crippen LogP contribution in [-0.2, 0) is 5.31 Å². The molecule has 0 amide bonds. The highest BCUT2D eigenvalue weighted by Gasteiger charge is 2.35. The van der Waals surface area contributed by atoms with Crippen LogP contribution in [0.5, 0.6) is 0 Å². The van der Waals surface area contributed by atoms with Crippen molar-refractivity contribution in [3.8, 4) is 16.8 Å². The summed E-state index contributed by atoms with van der Waals surface area (Å²) in [7, 11) is 0.852. The molecule has 4 heteroatoms. The predicted molar refractivity (Wildman–Crippen MR) is 144 cm³/mol.